The van der Waals surface area contributed by atoms with E-state index in [1.165, 1.54) is 18.1 Å². The Hall–Kier alpha value is -2.85. The second-order valence-electron chi connectivity index (χ2n) is 1.97. The molecular formula is C9H6N2O5. The van der Waals surface area contributed by atoms with Crippen molar-refractivity contribution in [2.24, 2.45) is 0 Å². The normalized spacial score (nSPS) is 6.81. The highest BCUT2D eigenvalue weighted by atomic mass is 16.6. The van der Waals surface area contributed by atoms with Crippen molar-refractivity contribution >= 4 is 17.9 Å². The molecule has 0 spiro atoms. The summed E-state index contributed by atoms with van der Waals surface area (Å²) >= 11 is 0. The van der Waals surface area contributed by atoms with Gasteiger partial charge in [0.05, 0.1) is 12.1 Å². The van der Waals surface area contributed by atoms with Crippen molar-refractivity contribution in [3.63, 3.8) is 0 Å². The lowest BCUT2D eigenvalue weighted by Crippen LogP contribution is -2.10. The average Bonchev–Trinajstić information content (AvgIpc) is 2.19. The standard InChI is InChI=1S/C6H4N2O3.C3H2O2/c7-3-1-5(9)11-6(10)2-4-8;1-2-3(4)5/h1-2H2;1H,(H,4,5). The van der Waals surface area contributed by atoms with Gasteiger partial charge in [0.25, 0.3) is 0 Å². The molecule has 82 valence electrons. The van der Waals surface area contributed by atoms with Crippen LogP contribution in [-0.4, -0.2) is 23.0 Å². The summed E-state index contributed by atoms with van der Waals surface area (Å²) < 4.78 is 4.01. The monoisotopic (exact) mass is 222 g/mol. The molecule has 0 saturated carbocycles. The highest BCUT2D eigenvalue weighted by molar-refractivity contribution is 5.87. The number of nitriles is 2. The van der Waals surface area contributed by atoms with Crippen LogP contribution in [0, 0.1) is 35.0 Å². The Bertz CT molecular complexity index is 368. The molecule has 0 aromatic rings. The van der Waals surface area contributed by atoms with Crippen LogP contribution in [0.4, 0.5) is 0 Å². The molecule has 0 heterocycles. The highest BCUT2D eigenvalue weighted by Crippen LogP contribution is 1.88. The number of terminal acetylenes is 1. The average molecular weight is 222 g/mol. The second kappa shape index (κ2) is 10.2. The van der Waals surface area contributed by atoms with E-state index in [0.717, 1.165) is 0 Å². The molecule has 0 radical (unpaired) electrons. The first-order valence-electron chi connectivity index (χ1n) is 3.64. The van der Waals surface area contributed by atoms with Gasteiger partial charge in [0.1, 0.15) is 12.8 Å². The third-order valence-electron chi connectivity index (χ3n) is 0.798. The maximum atomic E-state index is 10.4. The summed E-state index contributed by atoms with van der Waals surface area (Å²) in [5.74, 6) is -1.62. The van der Waals surface area contributed by atoms with Gasteiger partial charge in [-0.3, -0.25) is 9.59 Å². The summed E-state index contributed by atoms with van der Waals surface area (Å²) in [4.78, 5) is 29.8. The molecule has 7 heteroatoms. The topological polar surface area (TPSA) is 128 Å². The molecule has 0 aliphatic carbocycles. The molecule has 0 amide bonds. The van der Waals surface area contributed by atoms with Gasteiger partial charge in [0.15, 0.2) is 0 Å². The van der Waals surface area contributed by atoms with Gasteiger partial charge in [0, 0.05) is 5.92 Å². The van der Waals surface area contributed by atoms with Gasteiger partial charge in [0.2, 0.25) is 0 Å². The van der Waals surface area contributed by atoms with E-state index < -0.39 is 30.7 Å². The molecule has 0 bridgehead atoms. The van der Waals surface area contributed by atoms with Crippen molar-refractivity contribution in [1.29, 1.82) is 10.5 Å². The van der Waals surface area contributed by atoms with Crippen LogP contribution in [0.1, 0.15) is 12.8 Å². The number of hydrogen-bond acceptors (Lipinski definition) is 6. The van der Waals surface area contributed by atoms with E-state index in [4.69, 9.17) is 20.4 Å². The minimum atomic E-state index is -1.22. The Morgan fingerprint density at radius 3 is 1.62 bits per heavy atom. The third kappa shape index (κ3) is 13.7. The first-order valence-corrected chi connectivity index (χ1v) is 3.64. The third-order valence-corrected chi connectivity index (χ3v) is 0.798. The summed E-state index contributed by atoms with van der Waals surface area (Å²) in [7, 11) is 0. The summed E-state index contributed by atoms with van der Waals surface area (Å²) in [6, 6.07) is 3.01. The largest absolute Gasteiger partial charge is 0.472 e. The van der Waals surface area contributed by atoms with E-state index in [9.17, 15) is 9.59 Å². The Morgan fingerprint density at radius 2 is 1.44 bits per heavy atom. The van der Waals surface area contributed by atoms with Crippen LogP contribution in [0.15, 0.2) is 0 Å². The molecule has 0 unspecified atom stereocenters. The van der Waals surface area contributed by atoms with E-state index >= 15 is 0 Å². The molecule has 7 nitrogen and oxygen atoms in total. The zero-order valence-corrected chi connectivity index (χ0v) is 7.97. The number of nitrogens with zero attached hydrogens (tertiary/aromatic N) is 2. The Kier molecular flexibility index (Phi) is 9.99. The van der Waals surface area contributed by atoms with Crippen molar-refractivity contribution in [3.05, 3.63) is 0 Å². The van der Waals surface area contributed by atoms with Crippen LogP contribution in [0.3, 0.4) is 0 Å². The number of carbonyl (C=O) groups excluding carboxylic acids is 2. The molecule has 0 aliphatic heterocycles. The molecule has 0 aromatic heterocycles. The maximum Gasteiger partial charge on any atom is 0.381 e. The molecule has 16 heavy (non-hydrogen) atoms. The second-order valence-corrected chi connectivity index (χ2v) is 1.97. The van der Waals surface area contributed by atoms with E-state index in [-0.39, 0.29) is 0 Å². The minimum absolute atomic E-state index is 0.475. The smallest absolute Gasteiger partial charge is 0.381 e. The molecule has 0 aliphatic rings. The Balaban J connectivity index is 0. The zero-order valence-electron chi connectivity index (χ0n) is 7.97. The lowest BCUT2D eigenvalue weighted by Gasteiger charge is -1.93. The minimum Gasteiger partial charge on any atom is -0.472 e. The number of carboxylic acids is 1. The van der Waals surface area contributed by atoms with Crippen molar-refractivity contribution in [2.45, 2.75) is 12.8 Å². The molecule has 0 atom stereocenters. The van der Waals surface area contributed by atoms with Gasteiger partial charge in [-0.1, -0.05) is 0 Å². The van der Waals surface area contributed by atoms with Gasteiger partial charge >= 0.3 is 17.9 Å². The van der Waals surface area contributed by atoms with Gasteiger partial charge in [-0.2, -0.15) is 10.5 Å². The number of carbonyl (C=O) groups is 3. The van der Waals surface area contributed by atoms with Gasteiger partial charge in [-0.05, 0) is 0 Å². The lowest BCUT2D eigenvalue weighted by atomic mass is 10.4. The highest BCUT2D eigenvalue weighted by Gasteiger charge is 2.08. The van der Waals surface area contributed by atoms with Crippen molar-refractivity contribution in [1.82, 2.24) is 0 Å². The van der Waals surface area contributed by atoms with E-state index in [0.29, 0.717) is 0 Å². The molecule has 1 N–H and O–H groups in total. The fourth-order valence-electron chi connectivity index (χ4n) is 0.328. The SMILES string of the molecule is C#CC(=O)O.N#CCC(=O)OC(=O)CC#N. The van der Waals surface area contributed by atoms with E-state index in [1.807, 2.05) is 0 Å². The number of hydrogen-bond donors (Lipinski definition) is 1. The Morgan fingerprint density at radius 1 is 1.12 bits per heavy atom. The molecule has 0 saturated heterocycles. The predicted molar refractivity (Wildman–Crippen MR) is 48.0 cm³/mol. The van der Waals surface area contributed by atoms with Crippen LogP contribution < -0.4 is 0 Å². The van der Waals surface area contributed by atoms with Crippen LogP contribution in [-0.2, 0) is 19.1 Å². The van der Waals surface area contributed by atoms with Crippen LogP contribution in [0.2, 0.25) is 0 Å². The predicted octanol–water partition coefficient (Wildman–Crippen LogP) is -0.412. The maximum absolute atomic E-state index is 10.4. The van der Waals surface area contributed by atoms with Gasteiger partial charge in [-0.15, -0.1) is 6.42 Å². The summed E-state index contributed by atoms with van der Waals surface area (Å²) in [5, 5.41) is 23.4. The lowest BCUT2D eigenvalue weighted by molar-refractivity contribution is -0.158. The molecule has 0 aromatic carbocycles. The number of ether oxygens (including phenoxy) is 1. The summed E-state index contributed by atoms with van der Waals surface area (Å²) in [5.41, 5.74) is 0. The number of carboxylic acid groups (broad SMARTS) is 1. The first-order chi connectivity index (χ1) is 7.47. The van der Waals surface area contributed by atoms with E-state index in [1.54, 1.807) is 0 Å². The first kappa shape index (κ1) is 15.6. The van der Waals surface area contributed by atoms with Crippen LogP contribution in [0.5, 0.6) is 0 Å². The number of aliphatic carboxylic acids is 1. The number of rotatable bonds is 2. The molecule has 0 rings (SSSR count). The van der Waals surface area contributed by atoms with Crippen molar-refractivity contribution in [3.8, 4) is 24.5 Å². The molecular weight excluding hydrogens is 216 g/mol. The summed E-state index contributed by atoms with van der Waals surface area (Å²) in [6.45, 7) is 0. The fourth-order valence-corrected chi connectivity index (χ4v) is 0.328. The van der Waals surface area contributed by atoms with E-state index in [2.05, 4.69) is 11.2 Å². The Labute approximate surface area is 90.8 Å². The van der Waals surface area contributed by atoms with Crippen molar-refractivity contribution in [2.75, 3.05) is 0 Å². The fraction of sp³-hybridized carbons (Fsp3) is 0.222. The zero-order chi connectivity index (χ0) is 13.0. The van der Waals surface area contributed by atoms with Crippen LogP contribution >= 0.6 is 0 Å². The van der Waals surface area contributed by atoms with Gasteiger partial charge < -0.3 is 9.84 Å². The summed E-state index contributed by atoms with van der Waals surface area (Å²) in [6.07, 6.45) is 3.37. The van der Waals surface area contributed by atoms with Crippen molar-refractivity contribution < 1.29 is 24.2 Å². The molecule has 0 fully saturated rings. The number of esters is 2. The quantitative estimate of drug-likeness (QED) is 0.382. The van der Waals surface area contributed by atoms with Gasteiger partial charge in [-0.25, -0.2) is 4.79 Å². The van der Waals surface area contributed by atoms with Crippen LogP contribution in [0.25, 0.3) is 0 Å².